The van der Waals surface area contributed by atoms with E-state index in [1.54, 1.807) is 6.33 Å². The molecule has 0 spiro atoms. The van der Waals surface area contributed by atoms with Gasteiger partial charge < -0.3 is 16.4 Å². The van der Waals surface area contributed by atoms with Crippen LogP contribution in [0.2, 0.25) is 0 Å². The Balaban J connectivity index is 1.92. The molecule has 1 fully saturated rings. The zero-order valence-corrected chi connectivity index (χ0v) is 11.2. The van der Waals surface area contributed by atoms with Crippen LogP contribution in [0.25, 0.3) is 0 Å². The van der Waals surface area contributed by atoms with Crippen molar-refractivity contribution in [3.63, 3.8) is 0 Å². The average molecular weight is 249 g/mol. The molecule has 18 heavy (non-hydrogen) atoms. The lowest BCUT2D eigenvalue weighted by Crippen LogP contribution is -2.39. The number of rotatable bonds is 5. The van der Waals surface area contributed by atoms with Crippen LogP contribution in [0, 0.1) is 0 Å². The predicted molar refractivity (Wildman–Crippen MR) is 74.7 cm³/mol. The van der Waals surface area contributed by atoms with Gasteiger partial charge in [-0.2, -0.15) is 0 Å². The van der Waals surface area contributed by atoms with Gasteiger partial charge in [-0.3, -0.25) is 0 Å². The maximum atomic E-state index is 5.93. The molecule has 0 unspecified atom stereocenters. The molecule has 0 bridgehead atoms. The molecular formula is C13H23N5. The van der Waals surface area contributed by atoms with Gasteiger partial charge in [0, 0.05) is 24.2 Å². The Kier molecular flexibility index (Phi) is 4.01. The smallest absolute Gasteiger partial charge is 0.131 e. The second-order valence-electron chi connectivity index (χ2n) is 5.76. The number of aromatic nitrogens is 2. The molecule has 0 radical (unpaired) electrons. The summed E-state index contributed by atoms with van der Waals surface area (Å²) < 4.78 is 0. The lowest BCUT2D eigenvalue weighted by atomic mass is 10.1. The maximum Gasteiger partial charge on any atom is 0.131 e. The van der Waals surface area contributed by atoms with Crippen LogP contribution in [0.3, 0.4) is 0 Å². The van der Waals surface area contributed by atoms with E-state index in [4.69, 9.17) is 5.73 Å². The van der Waals surface area contributed by atoms with Crippen LogP contribution in [0.1, 0.15) is 39.5 Å². The molecule has 5 nitrogen and oxygen atoms in total. The van der Waals surface area contributed by atoms with Crippen LogP contribution < -0.4 is 16.4 Å². The maximum absolute atomic E-state index is 5.93. The molecule has 5 heteroatoms. The summed E-state index contributed by atoms with van der Waals surface area (Å²) in [5.74, 6) is 1.72. The molecule has 0 saturated heterocycles. The largest absolute Gasteiger partial charge is 0.368 e. The Bertz CT molecular complexity index is 379. The monoisotopic (exact) mass is 249 g/mol. The molecule has 1 saturated carbocycles. The van der Waals surface area contributed by atoms with Crippen molar-refractivity contribution in [3.8, 4) is 0 Å². The van der Waals surface area contributed by atoms with Crippen LogP contribution in [0.4, 0.5) is 11.6 Å². The van der Waals surface area contributed by atoms with Gasteiger partial charge in [-0.05, 0) is 26.7 Å². The lowest BCUT2D eigenvalue weighted by Gasteiger charge is -2.19. The number of nitrogens with two attached hydrogens (primary N) is 1. The Morgan fingerprint density at radius 2 is 1.94 bits per heavy atom. The van der Waals surface area contributed by atoms with Crippen LogP contribution in [-0.2, 0) is 0 Å². The Hall–Kier alpha value is -1.36. The summed E-state index contributed by atoms with van der Waals surface area (Å²) in [5, 5.41) is 6.69. The summed E-state index contributed by atoms with van der Waals surface area (Å²) in [6, 6.07) is 2.52. The summed E-state index contributed by atoms with van der Waals surface area (Å²) >= 11 is 0. The van der Waals surface area contributed by atoms with E-state index in [0.29, 0.717) is 12.6 Å². The van der Waals surface area contributed by atoms with Crippen molar-refractivity contribution < 1.29 is 0 Å². The van der Waals surface area contributed by atoms with Crippen molar-refractivity contribution >= 4 is 11.6 Å². The lowest BCUT2D eigenvalue weighted by molar-refractivity contribution is 0.548. The number of hydrogen-bond acceptors (Lipinski definition) is 5. The summed E-state index contributed by atoms with van der Waals surface area (Å²) in [6.45, 7) is 4.66. The molecule has 2 rings (SSSR count). The zero-order chi connectivity index (χ0) is 13.0. The number of anilines is 2. The normalized spacial score (nSPS) is 16.8. The minimum Gasteiger partial charge on any atom is -0.368 e. The highest BCUT2D eigenvalue weighted by Crippen LogP contribution is 2.21. The Labute approximate surface area is 109 Å². The van der Waals surface area contributed by atoms with E-state index in [-0.39, 0.29) is 5.54 Å². The van der Waals surface area contributed by atoms with Crippen molar-refractivity contribution in [1.82, 2.24) is 9.97 Å². The first kappa shape index (κ1) is 13.1. The van der Waals surface area contributed by atoms with Gasteiger partial charge in [-0.25, -0.2) is 9.97 Å². The summed E-state index contributed by atoms with van der Waals surface area (Å²) in [5.41, 5.74) is 5.69. The van der Waals surface area contributed by atoms with Crippen molar-refractivity contribution in [2.24, 2.45) is 5.73 Å². The van der Waals surface area contributed by atoms with Crippen molar-refractivity contribution in [1.29, 1.82) is 0 Å². The van der Waals surface area contributed by atoms with Crippen LogP contribution in [-0.4, -0.2) is 28.1 Å². The van der Waals surface area contributed by atoms with E-state index in [2.05, 4.69) is 20.6 Å². The van der Waals surface area contributed by atoms with E-state index in [1.165, 1.54) is 25.7 Å². The fourth-order valence-corrected chi connectivity index (χ4v) is 2.13. The standard InChI is InChI=1S/C13H23N5/c1-13(2,14)8-15-11-7-12(17-9-16-11)18-10-5-3-4-6-10/h7,9-10H,3-6,8,14H2,1-2H3,(H2,15,16,17,18). The molecule has 1 aromatic heterocycles. The Morgan fingerprint density at radius 3 is 2.61 bits per heavy atom. The topological polar surface area (TPSA) is 75.9 Å². The van der Waals surface area contributed by atoms with Gasteiger partial charge in [0.05, 0.1) is 0 Å². The zero-order valence-electron chi connectivity index (χ0n) is 11.2. The number of nitrogens with zero attached hydrogens (tertiary/aromatic N) is 2. The van der Waals surface area contributed by atoms with Gasteiger partial charge in [0.1, 0.15) is 18.0 Å². The minimum absolute atomic E-state index is 0.246. The highest BCUT2D eigenvalue weighted by atomic mass is 15.1. The SMILES string of the molecule is CC(C)(N)CNc1cc(NC2CCCC2)ncn1. The quantitative estimate of drug-likeness (QED) is 0.744. The molecule has 0 amide bonds. The molecule has 1 aromatic rings. The van der Waals surface area contributed by atoms with Crippen molar-refractivity contribution in [3.05, 3.63) is 12.4 Å². The minimum atomic E-state index is -0.246. The molecule has 1 heterocycles. The van der Waals surface area contributed by atoms with E-state index in [1.807, 2.05) is 19.9 Å². The average Bonchev–Trinajstić information content (AvgIpc) is 2.79. The molecule has 100 valence electrons. The highest BCUT2D eigenvalue weighted by Gasteiger charge is 2.15. The fraction of sp³-hybridized carbons (Fsp3) is 0.692. The van der Waals surface area contributed by atoms with Gasteiger partial charge in [-0.15, -0.1) is 0 Å². The van der Waals surface area contributed by atoms with Gasteiger partial charge >= 0.3 is 0 Å². The third-order valence-corrected chi connectivity index (χ3v) is 3.10. The van der Waals surface area contributed by atoms with Crippen LogP contribution in [0.5, 0.6) is 0 Å². The molecule has 1 aliphatic carbocycles. The van der Waals surface area contributed by atoms with Gasteiger partial charge in [-0.1, -0.05) is 12.8 Å². The fourth-order valence-electron chi connectivity index (χ4n) is 2.13. The van der Waals surface area contributed by atoms with Gasteiger partial charge in [0.2, 0.25) is 0 Å². The molecule has 1 aliphatic rings. The third kappa shape index (κ3) is 4.14. The first-order chi connectivity index (χ1) is 8.53. The first-order valence-electron chi connectivity index (χ1n) is 6.64. The third-order valence-electron chi connectivity index (χ3n) is 3.10. The van der Waals surface area contributed by atoms with E-state index >= 15 is 0 Å². The van der Waals surface area contributed by atoms with E-state index in [9.17, 15) is 0 Å². The Morgan fingerprint density at radius 1 is 1.28 bits per heavy atom. The molecular weight excluding hydrogens is 226 g/mol. The molecule has 0 aliphatic heterocycles. The summed E-state index contributed by atoms with van der Waals surface area (Å²) in [4.78, 5) is 8.45. The molecule has 0 aromatic carbocycles. The van der Waals surface area contributed by atoms with Gasteiger partial charge in [0.25, 0.3) is 0 Å². The van der Waals surface area contributed by atoms with Crippen molar-refractivity contribution in [2.75, 3.05) is 17.2 Å². The van der Waals surface area contributed by atoms with Gasteiger partial charge in [0.15, 0.2) is 0 Å². The number of hydrogen-bond donors (Lipinski definition) is 3. The first-order valence-corrected chi connectivity index (χ1v) is 6.64. The van der Waals surface area contributed by atoms with Crippen molar-refractivity contribution in [2.45, 2.75) is 51.1 Å². The van der Waals surface area contributed by atoms with Crippen LogP contribution in [0.15, 0.2) is 12.4 Å². The highest BCUT2D eigenvalue weighted by molar-refractivity contribution is 5.47. The van der Waals surface area contributed by atoms with E-state index < -0.39 is 0 Å². The molecule has 4 N–H and O–H groups in total. The second kappa shape index (κ2) is 5.52. The predicted octanol–water partition coefficient (Wildman–Crippen LogP) is 1.98. The van der Waals surface area contributed by atoms with Crippen LogP contribution >= 0.6 is 0 Å². The summed E-state index contributed by atoms with van der Waals surface area (Å²) in [7, 11) is 0. The molecule has 0 atom stereocenters. The second-order valence-corrected chi connectivity index (χ2v) is 5.76. The summed E-state index contributed by atoms with van der Waals surface area (Å²) in [6.07, 6.45) is 6.69. The van der Waals surface area contributed by atoms with E-state index in [0.717, 1.165) is 11.6 Å². The number of nitrogens with one attached hydrogen (secondary N) is 2.